The summed E-state index contributed by atoms with van der Waals surface area (Å²) in [6.45, 7) is 6.56. The molecule has 130 valence electrons. The van der Waals surface area contributed by atoms with Crippen molar-refractivity contribution < 1.29 is 9.63 Å². The summed E-state index contributed by atoms with van der Waals surface area (Å²) >= 11 is 0. The Kier molecular flexibility index (Phi) is 4.06. The average molecular weight is 337 g/mol. The maximum absolute atomic E-state index is 11.0. The normalized spacial score (nSPS) is 17.9. The zero-order valence-corrected chi connectivity index (χ0v) is 14.7. The second-order valence-electron chi connectivity index (χ2n) is 7.13. The number of hydrogen-bond acceptors (Lipinski definition) is 5. The van der Waals surface area contributed by atoms with Gasteiger partial charge in [0.05, 0.1) is 11.4 Å². The third-order valence-electron chi connectivity index (χ3n) is 5.19. The van der Waals surface area contributed by atoms with Crippen molar-refractivity contribution in [2.45, 2.75) is 38.8 Å². The summed E-state index contributed by atoms with van der Waals surface area (Å²) in [5.74, 6) is 0. The molecule has 0 spiro atoms. The van der Waals surface area contributed by atoms with Crippen molar-refractivity contribution in [3.63, 3.8) is 0 Å². The Bertz CT molecular complexity index is 878. The number of aryl methyl sites for hydroxylation is 2. The molecular formula is C20H23N3O2. The molecule has 3 heterocycles. The summed E-state index contributed by atoms with van der Waals surface area (Å²) in [5, 5.41) is 16.0. The van der Waals surface area contributed by atoms with Gasteiger partial charge in [-0.15, -0.1) is 0 Å². The van der Waals surface area contributed by atoms with Crippen LogP contribution >= 0.6 is 0 Å². The minimum atomic E-state index is -0.806. The van der Waals surface area contributed by atoms with E-state index in [2.05, 4.69) is 27.2 Å². The Labute approximate surface area is 147 Å². The highest BCUT2D eigenvalue weighted by Gasteiger charge is 2.35. The molecule has 25 heavy (non-hydrogen) atoms. The first-order chi connectivity index (χ1) is 12.0. The number of benzene rings is 1. The first kappa shape index (κ1) is 16.2. The lowest BCUT2D eigenvalue weighted by Crippen LogP contribution is -2.42. The summed E-state index contributed by atoms with van der Waals surface area (Å²) < 4.78 is 5.27. The number of pyridine rings is 1. The van der Waals surface area contributed by atoms with Crippen molar-refractivity contribution in [3.8, 4) is 0 Å². The summed E-state index contributed by atoms with van der Waals surface area (Å²) in [6.07, 6.45) is 3.24. The Morgan fingerprint density at radius 3 is 2.68 bits per heavy atom. The maximum atomic E-state index is 11.0. The van der Waals surface area contributed by atoms with E-state index in [1.807, 2.05) is 38.2 Å². The van der Waals surface area contributed by atoms with Crippen LogP contribution in [0.3, 0.4) is 0 Å². The van der Waals surface area contributed by atoms with Gasteiger partial charge in [-0.1, -0.05) is 17.3 Å². The summed E-state index contributed by atoms with van der Waals surface area (Å²) in [5.41, 5.74) is 4.11. The fraction of sp³-hybridized carbons (Fsp3) is 0.400. The van der Waals surface area contributed by atoms with Crippen LogP contribution in [-0.4, -0.2) is 33.2 Å². The minimum absolute atomic E-state index is 0.706. The van der Waals surface area contributed by atoms with E-state index in [0.29, 0.717) is 12.8 Å². The third kappa shape index (κ3) is 3.17. The van der Waals surface area contributed by atoms with Gasteiger partial charge in [-0.2, -0.15) is 0 Å². The zero-order chi connectivity index (χ0) is 17.4. The molecule has 1 aliphatic heterocycles. The van der Waals surface area contributed by atoms with Gasteiger partial charge in [0.15, 0.2) is 5.58 Å². The predicted molar refractivity (Wildman–Crippen MR) is 96.1 cm³/mol. The zero-order valence-electron chi connectivity index (χ0n) is 14.7. The van der Waals surface area contributed by atoms with E-state index in [1.165, 1.54) is 5.56 Å². The smallest absolute Gasteiger partial charge is 0.167 e. The SMILES string of the molecule is Cc1ccc(C2(O)CCN(Cc3ccc4onc(C)c4c3)CC2)nc1. The highest BCUT2D eigenvalue weighted by molar-refractivity contribution is 5.79. The van der Waals surface area contributed by atoms with Crippen molar-refractivity contribution in [1.82, 2.24) is 15.0 Å². The molecule has 1 fully saturated rings. The first-order valence-electron chi connectivity index (χ1n) is 8.76. The van der Waals surface area contributed by atoms with Gasteiger partial charge in [-0.3, -0.25) is 9.88 Å². The topological polar surface area (TPSA) is 62.4 Å². The van der Waals surface area contributed by atoms with Gasteiger partial charge in [0.2, 0.25) is 0 Å². The van der Waals surface area contributed by atoms with E-state index in [0.717, 1.165) is 47.6 Å². The molecule has 1 saturated heterocycles. The Morgan fingerprint density at radius 1 is 1.16 bits per heavy atom. The van der Waals surface area contributed by atoms with E-state index in [1.54, 1.807) is 0 Å². The Balaban J connectivity index is 1.44. The van der Waals surface area contributed by atoms with Crippen molar-refractivity contribution in [2.75, 3.05) is 13.1 Å². The summed E-state index contributed by atoms with van der Waals surface area (Å²) in [4.78, 5) is 6.82. The molecule has 0 atom stereocenters. The number of fused-ring (bicyclic) bond motifs is 1. The van der Waals surface area contributed by atoms with Gasteiger partial charge in [0.1, 0.15) is 5.60 Å². The van der Waals surface area contributed by atoms with Gasteiger partial charge in [-0.05, 0) is 56.0 Å². The van der Waals surface area contributed by atoms with Crippen LogP contribution in [-0.2, 0) is 12.1 Å². The highest BCUT2D eigenvalue weighted by atomic mass is 16.5. The monoisotopic (exact) mass is 337 g/mol. The summed E-state index contributed by atoms with van der Waals surface area (Å²) in [6, 6.07) is 10.2. The van der Waals surface area contributed by atoms with Gasteiger partial charge in [-0.25, -0.2) is 0 Å². The lowest BCUT2D eigenvalue weighted by Gasteiger charge is -2.37. The molecular weight excluding hydrogens is 314 g/mol. The van der Waals surface area contributed by atoms with Crippen LogP contribution in [0.2, 0.25) is 0 Å². The van der Waals surface area contributed by atoms with E-state index in [9.17, 15) is 5.11 Å². The number of rotatable bonds is 3. The average Bonchev–Trinajstić information content (AvgIpc) is 2.98. The largest absolute Gasteiger partial charge is 0.383 e. The Hall–Kier alpha value is -2.24. The van der Waals surface area contributed by atoms with E-state index >= 15 is 0 Å². The second-order valence-corrected chi connectivity index (χ2v) is 7.13. The molecule has 0 bridgehead atoms. The lowest BCUT2D eigenvalue weighted by atomic mass is 9.87. The lowest BCUT2D eigenvalue weighted by molar-refractivity contribution is -0.0311. The minimum Gasteiger partial charge on any atom is -0.383 e. The summed E-state index contributed by atoms with van der Waals surface area (Å²) in [7, 11) is 0. The van der Waals surface area contributed by atoms with Crippen LogP contribution < -0.4 is 0 Å². The number of nitrogens with zero attached hydrogens (tertiary/aromatic N) is 3. The first-order valence-corrected chi connectivity index (χ1v) is 8.76. The van der Waals surface area contributed by atoms with Gasteiger partial charge >= 0.3 is 0 Å². The molecule has 0 radical (unpaired) electrons. The van der Waals surface area contributed by atoms with Gasteiger partial charge in [0.25, 0.3) is 0 Å². The molecule has 0 amide bonds. The molecule has 5 nitrogen and oxygen atoms in total. The quantitative estimate of drug-likeness (QED) is 0.794. The predicted octanol–water partition coefficient (Wildman–Crippen LogP) is 3.32. The van der Waals surface area contributed by atoms with E-state index < -0.39 is 5.60 Å². The van der Waals surface area contributed by atoms with Crippen LogP contribution in [0.1, 0.15) is 35.4 Å². The highest BCUT2D eigenvalue weighted by Crippen LogP contribution is 2.32. The van der Waals surface area contributed by atoms with E-state index in [-0.39, 0.29) is 0 Å². The molecule has 1 aromatic carbocycles. The molecule has 1 aliphatic rings. The molecule has 3 aromatic rings. The van der Waals surface area contributed by atoms with Crippen LogP contribution in [0.4, 0.5) is 0 Å². The number of aliphatic hydroxyl groups is 1. The standard InChI is InChI=1S/C20H23N3O2/c1-14-3-6-19(21-12-14)20(24)7-9-23(10-8-20)13-16-4-5-18-17(11-16)15(2)22-25-18/h3-6,11-12,24H,7-10,13H2,1-2H3. The maximum Gasteiger partial charge on any atom is 0.167 e. The van der Waals surface area contributed by atoms with Crippen LogP contribution in [0.5, 0.6) is 0 Å². The van der Waals surface area contributed by atoms with Crippen molar-refractivity contribution in [2.24, 2.45) is 0 Å². The van der Waals surface area contributed by atoms with Crippen LogP contribution in [0.15, 0.2) is 41.1 Å². The molecule has 4 rings (SSSR count). The van der Waals surface area contributed by atoms with Gasteiger partial charge < -0.3 is 9.63 Å². The third-order valence-corrected chi connectivity index (χ3v) is 5.19. The molecule has 0 saturated carbocycles. The fourth-order valence-electron chi connectivity index (χ4n) is 3.54. The molecule has 1 N–H and O–H groups in total. The van der Waals surface area contributed by atoms with Crippen LogP contribution in [0, 0.1) is 13.8 Å². The number of piperidine rings is 1. The Morgan fingerprint density at radius 2 is 1.96 bits per heavy atom. The molecule has 0 aliphatic carbocycles. The second kappa shape index (κ2) is 6.24. The van der Waals surface area contributed by atoms with Gasteiger partial charge in [0, 0.05) is 31.2 Å². The molecule has 0 unspecified atom stereocenters. The number of hydrogen-bond donors (Lipinski definition) is 1. The van der Waals surface area contributed by atoms with Crippen molar-refractivity contribution >= 4 is 11.0 Å². The fourth-order valence-corrected chi connectivity index (χ4v) is 3.54. The van der Waals surface area contributed by atoms with E-state index in [4.69, 9.17) is 4.52 Å². The molecule has 5 heteroatoms. The molecule has 2 aromatic heterocycles. The number of aromatic nitrogens is 2. The van der Waals surface area contributed by atoms with Crippen molar-refractivity contribution in [3.05, 3.63) is 59.0 Å². The van der Waals surface area contributed by atoms with Crippen molar-refractivity contribution in [1.29, 1.82) is 0 Å². The number of likely N-dealkylation sites (tertiary alicyclic amines) is 1. The van der Waals surface area contributed by atoms with Crippen LogP contribution in [0.25, 0.3) is 11.0 Å².